The van der Waals surface area contributed by atoms with Crippen molar-refractivity contribution in [1.82, 2.24) is 0 Å². The minimum Gasteiger partial charge on any atom is -0.486 e. The number of para-hydroxylation sites is 2. The lowest BCUT2D eigenvalue weighted by atomic mass is 10.3. The van der Waals surface area contributed by atoms with Gasteiger partial charge in [0.25, 0.3) is 5.91 Å². The molecule has 0 spiro atoms. The first kappa shape index (κ1) is 20.2. The molecule has 0 aliphatic heterocycles. The number of thiophene rings is 1. The molecule has 3 aromatic carbocycles. The van der Waals surface area contributed by atoms with Gasteiger partial charge in [0.1, 0.15) is 6.61 Å². The maximum atomic E-state index is 13.7. The fourth-order valence-corrected chi connectivity index (χ4v) is 4.47. The molecule has 1 aromatic heterocycles. The van der Waals surface area contributed by atoms with Crippen molar-refractivity contribution in [3.05, 3.63) is 107 Å². The molecule has 0 saturated heterocycles. The van der Waals surface area contributed by atoms with E-state index in [9.17, 15) is 9.18 Å². The number of hydrogen-bond donors (Lipinski definition) is 1. The highest BCUT2D eigenvalue weighted by atomic mass is 32.2. The molecule has 0 fully saturated rings. The van der Waals surface area contributed by atoms with Crippen molar-refractivity contribution in [1.29, 1.82) is 0 Å². The largest absolute Gasteiger partial charge is 0.486 e. The highest BCUT2D eigenvalue weighted by molar-refractivity contribution is 7.99. The van der Waals surface area contributed by atoms with Crippen LogP contribution in [-0.2, 0) is 6.61 Å². The molecule has 4 rings (SSSR count). The van der Waals surface area contributed by atoms with E-state index in [0.717, 1.165) is 21.0 Å². The number of amides is 1. The van der Waals surface area contributed by atoms with Crippen molar-refractivity contribution in [2.75, 3.05) is 5.32 Å². The summed E-state index contributed by atoms with van der Waals surface area (Å²) in [7, 11) is 0. The molecule has 1 heterocycles. The van der Waals surface area contributed by atoms with Gasteiger partial charge in [-0.25, -0.2) is 4.39 Å². The molecule has 0 radical (unpaired) electrons. The molecular weight excluding hydrogens is 417 g/mol. The van der Waals surface area contributed by atoms with E-state index in [4.69, 9.17) is 4.74 Å². The van der Waals surface area contributed by atoms with Gasteiger partial charge in [0.2, 0.25) is 0 Å². The molecule has 0 bridgehead atoms. The maximum Gasteiger partial charge on any atom is 0.265 e. The number of benzene rings is 3. The summed E-state index contributed by atoms with van der Waals surface area (Å²) in [6.45, 7) is 0.200. The van der Waals surface area contributed by atoms with E-state index in [0.29, 0.717) is 4.88 Å². The van der Waals surface area contributed by atoms with Crippen LogP contribution in [0.3, 0.4) is 0 Å². The van der Waals surface area contributed by atoms with Crippen molar-refractivity contribution in [3.63, 3.8) is 0 Å². The van der Waals surface area contributed by atoms with E-state index in [-0.39, 0.29) is 18.3 Å². The van der Waals surface area contributed by atoms with Gasteiger partial charge in [0.15, 0.2) is 11.6 Å². The van der Waals surface area contributed by atoms with Gasteiger partial charge in [-0.3, -0.25) is 4.79 Å². The van der Waals surface area contributed by atoms with Crippen LogP contribution in [-0.4, -0.2) is 5.91 Å². The monoisotopic (exact) mass is 435 g/mol. The summed E-state index contributed by atoms with van der Waals surface area (Å²) in [4.78, 5) is 15.4. The molecular formula is C24H18FNO2S2. The van der Waals surface area contributed by atoms with E-state index in [1.165, 1.54) is 17.4 Å². The summed E-state index contributed by atoms with van der Waals surface area (Å²) in [6, 6.07) is 25.8. The van der Waals surface area contributed by atoms with Gasteiger partial charge in [-0.2, -0.15) is 0 Å². The lowest BCUT2D eigenvalue weighted by Crippen LogP contribution is -2.10. The normalized spacial score (nSPS) is 10.6. The molecule has 30 heavy (non-hydrogen) atoms. The number of halogens is 1. The molecule has 0 saturated carbocycles. The molecule has 1 amide bonds. The second-order valence-corrected chi connectivity index (χ2v) is 8.43. The number of carbonyl (C=O) groups excluding carboxylic acids is 1. The quantitative estimate of drug-likeness (QED) is 0.344. The van der Waals surface area contributed by atoms with Crippen molar-refractivity contribution in [2.45, 2.75) is 16.4 Å². The lowest BCUT2D eigenvalue weighted by molar-refractivity contribution is 0.103. The molecule has 150 valence electrons. The number of rotatable bonds is 7. The van der Waals surface area contributed by atoms with Crippen LogP contribution in [0.15, 0.2) is 100 Å². The van der Waals surface area contributed by atoms with Gasteiger partial charge in [-0.15, -0.1) is 11.3 Å². The second kappa shape index (κ2) is 9.61. The van der Waals surface area contributed by atoms with Crippen LogP contribution in [0, 0.1) is 5.82 Å². The summed E-state index contributed by atoms with van der Waals surface area (Å²) in [5, 5.41) is 4.84. The van der Waals surface area contributed by atoms with Gasteiger partial charge in [-0.1, -0.05) is 54.2 Å². The average molecular weight is 436 g/mol. The topological polar surface area (TPSA) is 38.3 Å². The van der Waals surface area contributed by atoms with E-state index >= 15 is 0 Å². The summed E-state index contributed by atoms with van der Waals surface area (Å²) in [5.41, 5.74) is 1.58. The summed E-state index contributed by atoms with van der Waals surface area (Å²) in [5.74, 6) is -0.391. The Morgan fingerprint density at radius 3 is 2.53 bits per heavy atom. The van der Waals surface area contributed by atoms with Crippen LogP contribution in [0.5, 0.6) is 5.75 Å². The van der Waals surface area contributed by atoms with E-state index in [1.807, 2.05) is 60.0 Å². The van der Waals surface area contributed by atoms with Crippen molar-refractivity contribution < 1.29 is 13.9 Å². The minimum absolute atomic E-state index is 0.182. The third kappa shape index (κ3) is 5.09. The van der Waals surface area contributed by atoms with Crippen LogP contribution >= 0.6 is 23.1 Å². The Morgan fingerprint density at radius 1 is 0.967 bits per heavy atom. The van der Waals surface area contributed by atoms with Crippen LogP contribution in [0.1, 0.15) is 15.2 Å². The highest BCUT2D eigenvalue weighted by Gasteiger charge is 2.13. The van der Waals surface area contributed by atoms with Crippen LogP contribution < -0.4 is 10.1 Å². The summed E-state index contributed by atoms with van der Waals surface area (Å²) >= 11 is 2.93. The fourth-order valence-electron chi connectivity index (χ4n) is 2.75. The molecule has 3 nitrogen and oxygen atoms in total. The number of anilines is 1. The van der Waals surface area contributed by atoms with E-state index in [1.54, 1.807) is 36.0 Å². The Labute approximate surface area is 182 Å². The minimum atomic E-state index is -0.404. The highest BCUT2D eigenvalue weighted by Crippen LogP contribution is 2.33. The Hall–Kier alpha value is -3.09. The van der Waals surface area contributed by atoms with E-state index in [2.05, 4.69) is 5.32 Å². The molecule has 6 heteroatoms. The van der Waals surface area contributed by atoms with Gasteiger partial charge >= 0.3 is 0 Å². The second-order valence-electron chi connectivity index (χ2n) is 6.40. The lowest BCUT2D eigenvalue weighted by Gasteiger charge is -2.10. The first-order chi connectivity index (χ1) is 14.7. The first-order valence-corrected chi connectivity index (χ1v) is 11.0. The number of ether oxygens (including phenoxy) is 1. The van der Waals surface area contributed by atoms with Gasteiger partial charge in [-0.05, 0) is 47.8 Å². The van der Waals surface area contributed by atoms with Gasteiger partial charge in [0.05, 0.1) is 10.6 Å². The molecule has 0 atom stereocenters. The Bertz CT molecular complexity index is 1140. The van der Waals surface area contributed by atoms with Crippen LogP contribution in [0.25, 0.3) is 0 Å². The predicted octanol–water partition coefficient (Wildman–Crippen LogP) is 6.87. The first-order valence-electron chi connectivity index (χ1n) is 9.27. The standard InChI is InChI=1S/C24H18FNO2S2/c25-19-10-4-6-12-21(19)28-15-17-14-23(29-16-17)24(27)26-20-11-5-7-13-22(20)30-18-8-2-1-3-9-18/h1-14,16H,15H2,(H,26,27). The third-order valence-corrected chi connectivity index (χ3v) is 6.28. The number of carbonyl (C=O) groups is 1. The van der Waals surface area contributed by atoms with Crippen LogP contribution in [0.4, 0.5) is 10.1 Å². The Balaban J connectivity index is 1.42. The number of nitrogens with one attached hydrogen (secondary N) is 1. The maximum absolute atomic E-state index is 13.7. The average Bonchev–Trinajstić information content (AvgIpc) is 3.25. The molecule has 0 aliphatic rings. The van der Waals surface area contributed by atoms with Crippen molar-refractivity contribution in [3.8, 4) is 5.75 Å². The SMILES string of the molecule is O=C(Nc1ccccc1Sc1ccccc1)c1cc(COc2ccccc2F)cs1. The third-order valence-electron chi connectivity index (χ3n) is 4.21. The van der Waals surface area contributed by atoms with Crippen LogP contribution in [0.2, 0.25) is 0 Å². The molecule has 0 aliphatic carbocycles. The molecule has 1 N–H and O–H groups in total. The van der Waals surface area contributed by atoms with Gasteiger partial charge in [0, 0.05) is 15.4 Å². The van der Waals surface area contributed by atoms with Gasteiger partial charge < -0.3 is 10.1 Å². The fraction of sp³-hybridized carbons (Fsp3) is 0.0417. The number of hydrogen-bond acceptors (Lipinski definition) is 4. The zero-order valence-electron chi connectivity index (χ0n) is 15.9. The predicted molar refractivity (Wildman–Crippen MR) is 120 cm³/mol. The summed E-state index contributed by atoms with van der Waals surface area (Å²) in [6.07, 6.45) is 0. The molecule has 0 unspecified atom stereocenters. The summed E-state index contributed by atoms with van der Waals surface area (Å²) < 4.78 is 19.2. The van der Waals surface area contributed by atoms with Crippen molar-refractivity contribution >= 4 is 34.7 Å². The smallest absolute Gasteiger partial charge is 0.265 e. The van der Waals surface area contributed by atoms with Crippen molar-refractivity contribution in [2.24, 2.45) is 0 Å². The Kier molecular flexibility index (Phi) is 6.47. The zero-order chi connectivity index (χ0) is 20.8. The Morgan fingerprint density at radius 2 is 1.70 bits per heavy atom. The van der Waals surface area contributed by atoms with E-state index < -0.39 is 5.82 Å². The zero-order valence-corrected chi connectivity index (χ0v) is 17.5. The molecule has 4 aromatic rings.